The summed E-state index contributed by atoms with van der Waals surface area (Å²) in [7, 11) is 0. The molecule has 1 aromatic heterocycles. The monoisotopic (exact) mass is 403 g/mol. The fourth-order valence-corrected chi connectivity index (χ4v) is 4.77. The molecule has 0 aliphatic carbocycles. The van der Waals surface area contributed by atoms with Crippen LogP contribution in [0.1, 0.15) is 26.0 Å². The largest absolute Gasteiger partial charge is 0.478 e. The summed E-state index contributed by atoms with van der Waals surface area (Å²) in [6.07, 6.45) is 5.80. The Hall–Kier alpha value is -1.83. The highest BCUT2D eigenvalue weighted by Crippen LogP contribution is 2.36. The van der Waals surface area contributed by atoms with Crippen molar-refractivity contribution in [2.45, 2.75) is 32.9 Å². The first kappa shape index (κ1) is 20.9. The lowest BCUT2D eigenvalue weighted by molar-refractivity contribution is -0.132. The van der Waals surface area contributed by atoms with Gasteiger partial charge in [-0.25, -0.2) is 4.79 Å². The summed E-state index contributed by atoms with van der Waals surface area (Å²) in [4.78, 5) is 21.1. The molecular weight excluding hydrogens is 374 g/mol. The number of carboxylic acids is 1. The molecule has 152 valence electrons. The van der Waals surface area contributed by atoms with Gasteiger partial charge >= 0.3 is 5.97 Å². The average Bonchev–Trinajstić information content (AvgIpc) is 2.70. The van der Waals surface area contributed by atoms with E-state index in [-0.39, 0.29) is 6.17 Å². The topological polar surface area (TPSA) is 65.9 Å². The molecule has 1 N–H and O–H groups in total. The number of hydrogen-bond donors (Lipinski definition) is 1. The molecule has 2 aliphatic rings. The molecule has 7 heteroatoms. The summed E-state index contributed by atoms with van der Waals surface area (Å²) in [5.74, 6) is -0.00811. The van der Waals surface area contributed by atoms with Crippen molar-refractivity contribution in [3.05, 3.63) is 52.3 Å². The number of pyridine rings is 1. The normalized spacial score (nSPS) is 21.0. The lowest BCUT2D eigenvalue weighted by atomic mass is 10.0. The Balaban J connectivity index is 1.84. The Morgan fingerprint density at radius 2 is 2.14 bits per heavy atom. The maximum Gasteiger partial charge on any atom is 0.338 e. The fourth-order valence-electron chi connectivity index (χ4n) is 3.74. The number of aromatic nitrogens is 1. The quantitative estimate of drug-likeness (QED) is 0.716. The minimum Gasteiger partial charge on any atom is -0.478 e. The third-order valence-electron chi connectivity index (χ3n) is 5.06. The number of aryl methyl sites for hydroxylation is 1. The van der Waals surface area contributed by atoms with Crippen LogP contribution >= 0.6 is 11.8 Å². The van der Waals surface area contributed by atoms with Gasteiger partial charge in [-0.05, 0) is 49.3 Å². The van der Waals surface area contributed by atoms with E-state index in [1.165, 1.54) is 0 Å². The SMILES string of the molecule is CCSC1=C(C(=O)O)C(C)=CC(N2CCOCC2)N1CCCc1ccccn1. The molecule has 0 saturated carbocycles. The summed E-state index contributed by atoms with van der Waals surface area (Å²) >= 11 is 1.62. The second-order valence-electron chi connectivity index (χ2n) is 6.95. The van der Waals surface area contributed by atoms with Crippen molar-refractivity contribution in [2.75, 3.05) is 38.6 Å². The van der Waals surface area contributed by atoms with Gasteiger partial charge in [0, 0.05) is 31.5 Å². The van der Waals surface area contributed by atoms with Gasteiger partial charge in [-0.1, -0.05) is 13.0 Å². The van der Waals surface area contributed by atoms with Crippen LogP contribution in [0.15, 0.2) is 46.6 Å². The van der Waals surface area contributed by atoms with E-state index in [2.05, 4.69) is 27.8 Å². The molecule has 3 rings (SSSR count). The van der Waals surface area contributed by atoms with E-state index in [1.54, 1.807) is 11.8 Å². The van der Waals surface area contributed by atoms with Crippen molar-refractivity contribution in [2.24, 2.45) is 0 Å². The van der Waals surface area contributed by atoms with Gasteiger partial charge in [-0.3, -0.25) is 9.88 Å². The van der Waals surface area contributed by atoms with Crippen LogP contribution in [0.5, 0.6) is 0 Å². The smallest absolute Gasteiger partial charge is 0.338 e. The molecule has 1 unspecified atom stereocenters. The van der Waals surface area contributed by atoms with E-state index in [0.717, 1.165) is 67.7 Å². The van der Waals surface area contributed by atoms with Gasteiger partial charge in [0.15, 0.2) is 0 Å². The zero-order chi connectivity index (χ0) is 19.9. The molecule has 6 nitrogen and oxygen atoms in total. The maximum atomic E-state index is 12.0. The van der Waals surface area contributed by atoms with Crippen molar-refractivity contribution in [3.8, 4) is 0 Å². The first-order chi connectivity index (χ1) is 13.6. The second-order valence-corrected chi connectivity index (χ2v) is 8.20. The number of carbonyl (C=O) groups is 1. The van der Waals surface area contributed by atoms with Crippen LogP contribution in [-0.4, -0.2) is 70.6 Å². The van der Waals surface area contributed by atoms with Gasteiger partial charge in [0.1, 0.15) is 6.17 Å². The summed E-state index contributed by atoms with van der Waals surface area (Å²) in [6, 6.07) is 5.97. The van der Waals surface area contributed by atoms with Gasteiger partial charge < -0.3 is 14.7 Å². The molecule has 1 saturated heterocycles. The van der Waals surface area contributed by atoms with Crippen LogP contribution in [-0.2, 0) is 16.0 Å². The van der Waals surface area contributed by atoms with E-state index in [0.29, 0.717) is 5.57 Å². The number of morpholine rings is 1. The van der Waals surface area contributed by atoms with Crippen molar-refractivity contribution in [1.29, 1.82) is 0 Å². The van der Waals surface area contributed by atoms with Crippen LogP contribution in [0.2, 0.25) is 0 Å². The van der Waals surface area contributed by atoms with Crippen molar-refractivity contribution in [3.63, 3.8) is 0 Å². The third kappa shape index (κ3) is 4.96. The summed E-state index contributed by atoms with van der Waals surface area (Å²) < 4.78 is 5.52. The molecule has 1 atom stereocenters. The first-order valence-electron chi connectivity index (χ1n) is 9.89. The predicted molar refractivity (Wildman–Crippen MR) is 112 cm³/mol. The number of aliphatic carboxylic acids is 1. The predicted octanol–water partition coefficient (Wildman–Crippen LogP) is 2.98. The molecular formula is C21H29N3O3S. The molecule has 0 amide bonds. The number of nitrogens with zero attached hydrogens (tertiary/aromatic N) is 3. The molecule has 28 heavy (non-hydrogen) atoms. The van der Waals surface area contributed by atoms with E-state index in [1.807, 2.05) is 31.3 Å². The molecule has 1 fully saturated rings. The van der Waals surface area contributed by atoms with E-state index < -0.39 is 5.97 Å². The summed E-state index contributed by atoms with van der Waals surface area (Å²) in [6.45, 7) is 7.93. The lowest BCUT2D eigenvalue weighted by Gasteiger charge is -2.44. The average molecular weight is 404 g/mol. The molecule has 2 aliphatic heterocycles. The van der Waals surface area contributed by atoms with Gasteiger partial charge in [-0.15, -0.1) is 11.8 Å². The number of carboxylic acid groups (broad SMARTS) is 1. The number of ether oxygens (including phenoxy) is 1. The molecule has 0 aromatic carbocycles. The first-order valence-corrected chi connectivity index (χ1v) is 10.9. The molecule has 0 spiro atoms. The zero-order valence-corrected chi connectivity index (χ0v) is 17.5. The van der Waals surface area contributed by atoms with E-state index in [4.69, 9.17) is 4.74 Å². The van der Waals surface area contributed by atoms with Crippen LogP contribution in [0.25, 0.3) is 0 Å². The summed E-state index contributed by atoms with van der Waals surface area (Å²) in [5, 5.41) is 10.7. The molecule has 1 aromatic rings. The van der Waals surface area contributed by atoms with Gasteiger partial charge in [-0.2, -0.15) is 0 Å². The van der Waals surface area contributed by atoms with Gasteiger partial charge in [0.05, 0.1) is 23.8 Å². The van der Waals surface area contributed by atoms with Gasteiger partial charge in [0.2, 0.25) is 0 Å². The van der Waals surface area contributed by atoms with Crippen LogP contribution in [0.4, 0.5) is 0 Å². The third-order valence-corrected chi connectivity index (χ3v) is 6.06. The number of thioether (sulfide) groups is 1. The van der Waals surface area contributed by atoms with Crippen LogP contribution in [0, 0.1) is 0 Å². The Labute approximate surface area is 171 Å². The van der Waals surface area contributed by atoms with Crippen molar-refractivity contribution >= 4 is 17.7 Å². The van der Waals surface area contributed by atoms with Gasteiger partial charge in [0.25, 0.3) is 0 Å². The maximum absolute atomic E-state index is 12.0. The second kappa shape index (κ2) is 10.1. The highest BCUT2D eigenvalue weighted by molar-refractivity contribution is 8.03. The molecule has 0 radical (unpaired) electrons. The van der Waals surface area contributed by atoms with E-state index in [9.17, 15) is 9.90 Å². The summed E-state index contributed by atoms with van der Waals surface area (Å²) in [5.41, 5.74) is 2.36. The Bertz CT molecular complexity index is 730. The van der Waals surface area contributed by atoms with Crippen LogP contribution < -0.4 is 0 Å². The number of hydrogen-bond acceptors (Lipinski definition) is 6. The molecule has 0 bridgehead atoms. The minimum atomic E-state index is -0.847. The highest BCUT2D eigenvalue weighted by Gasteiger charge is 2.34. The number of rotatable bonds is 8. The van der Waals surface area contributed by atoms with Crippen molar-refractivity contribution in [1.82, 2.24) is 14.8 Å². The highest BCUT2D eigenvalue weighted by atomic mass is 32.2. The lowest BCUT2D eigenvalue weighted by Crippen LogP contribution is -2.52. The van der Waals surface area contributed by atoms with Crippen LogP contribution in [0.3, 0.4) is 0 Å². The van der Waals surface area contributed by atoms with Crippen molar-refractivity contribution < 1.29 is 14.6 Å². The Kier molecular flexibility index (Phi) is 7.53. The Morgan fingerprint density at radius 3 is 2.79 bits per heavy atom. The Morgan fingerprint density at radius 1 is 1.36 bits per heavy atom. The van der Waals surface area contributed by atoms with E-state index >= 15 is 0 Å². The zero-order valence-electron chi connectivity index (χ0n) is 16.6. The molecule has 3 heterocycles. The standard InChI is InChI=1S/C21H29N3O3S/c1-3-28-20-19(21(25)26)16(2)15-18(23-11-13-27-14-12-23)24(20)10-6-8-17-7-4-5-9-22-17/h4-5,7,9,15,18H,3,6,8,10-14H2,1-2H3,(H,25,26). The minimum absolute atomic E-state index is 0.0739. The fraction of sp³-hybridized carbons (Fsp3) is 0.524.